The van der Waals surface area contributed by atoms with Gasteiger partial charge in [-0.25, -0.2) is 8.42 Å². The van der Waals surface area contributed by atoms with Gasteiger partial charge >= 0.3 is 0 Å². The molecule has 8 heteroatoms. The van der Waals surface area contributed by atoms with Gasteiger partial charge in [-0.3, -0.25) is 9.10 Å². The fraction of sp³-hybridized carbons (Fsp3) is 0.278. The average Bonchev–Trinajstić information content (AvgIpc) is 2.56. The first-order chi connectivity index (χ1) is 12.1. The summed E-state index contributed by atoms with van der Waals surface area (Å²) in [5.74, 6) is 0.198. The molecule has 6 nitrogen and oxygen atoms in total. The van der Waals surface area contributed by atoms with Gasteiger partial charge in [0.05, 0.1) is 19.1 Å². The number of methoxy groups -OCH3 is 1. The van der Waals surface area contributed by atoms with Crippen LogP contribution in [0.4, 0.5) is 11.4 Å². The first-order valence-electron chi connectivity index (χ1n) is 7.84. The third-order valence-electron chi connectivity index (χ3n) is 3.86. The molecule has 0 saturated heterocycles. The van der Waals surface area contributed by atoms with E-state index in [4.69, 9.17) is 4.74 Å². The highest BCUT2D eigenvalue weighted by molar-refractivity contribution is 14.1. The number of amides is 1. The zero-order valence-electron chi connectivity index (χ0n) is 15.0. The van der Waals surface area contributed by atoms with Crippen molar-refractivity contribution in [3.63, 3.8) is 0 Å². The summed E-state index contributed by atoms with van der Waals surface area (Å²) in [6, 6.07) is 11.2. The Morgan fingerprint density at radius 2 is 1.81 bits per heavy atom. The molecule has 26 heavy (non-hydrogen) atoms. The van der Waals surface area contributed by atoms with Crippen LogP contribution in [0.25, 0.3) is 0 Å². The van der Waals surface area contributed by atoms with E-state index in [2.05, 4.69) is 27.9 Å². The molecule has 140 valence electrons. The van der Waals surface area contributed by atoms with Crippen molar-refractivity contribution in [3.05, 3.63) is 51.6 Å². The third-order valence-corrected chi connectivity index (χ3v) is 5.77. The van der Waals surface area contributed by atoms with Crippen LogP contribution in [0.2, 0.25) is 0 Å². The van der Waals surface area contributed by atoms with E-state index in [0.29, 0.717) is 17.1 Å². The topological polar surface area (TPSA) is 75.7 Å². The second-order valence-electron chi connectivity index (χ2n) is 5.88. The number of ether oxygens (including phenoxy) is 1. The first-order valence-corrected chi connectivity index (χ1v) is 10.8. The molecule has 0 aliphatic heterocycles. The Morgan fingerprint density at radius 3 is 2.31 bits per heavy atom. The molecular weight excluding hydrogens is 467 g/mol. The molecule has 0 aromatic heterocycles. The molecule has 1 N–H and O–H groups in total. The van der Waals surface area contributed by atoms with Crippen LogP contribution in [0.1, 0.15) is 12.5 Å². The SMILES string of the molecule is COc1ccc(N(C(C)C(=O)Nc2ccc(I)cc2C)S(C)(=O)=O)cc1. The summed E-state index contributed by atoms with van der Waals surface area (Å²) in [5, 5.41) is 2.81. The molecule has 0 spiro atoms. The zero-order chi connectivity index (χ0) is 19.5. The standard InChI is InChI=1S/C18H21IN2O4S/c1-12-11-14(19)5-10-17(12)20-18(22)13(2)21(26(4,23)24)15-6-8-16(25-3)9-7-15/h5-11,13H,1-4H3,(H,20,22). The van der Waals surface area contributed by atoms with Gasteiger partial charge in [-0.15, -0.1) is 0 Å². The van der Waals surface area contributed by atoms with E-state index in [1.807, 2.05) is 19.1 Å². The summed E-state index contributed by atoms with van der Waals surface area (Å²) in [5.41, 5.74) is 1.97. The largest absolute Gasteiger partial charge is 0.497 e. The van der Waals surface area contributed by atoms with E-state index in [-0.39, 0.29) is 0 Å². The fourth-order valence-corrected chi connectivity index (χ4v) is 4.36. The Hall–Kier alpha value is -1.81. The molecule has 1 unspecified atom stereocenters. The molecule has 0 fully saturated rings. The van der Waals surface area contributed by atoms with E-state index in [0.717, 1.165) is 19.7 Å². The molecule has 2 aromatic rings. The van der Waals surface area contributed by atoms with Crippen LogP contribution in [0.3, 0.4) is 0 Å². The molecular formula is C18H21IN2O4S. The van der Waals surface area contributed by atoms with E-state index in [1.165, 1.54) is 7.11 Å². The Bertz CT molecular complexity index is 898. The van der Waals surface area contributed by atoms with Crippen molar-refractivity contribution in [1.82, 2.24) is 0 Å². The molecule has 0 heterocycles. The summed E-state index contributed by atoms with van der Waals surface area (Å²) in [7, 11) is -2.13. The number of rotatable bonds is 6. The Balaban J connectivity index is 2.30. The summed E-state index contributed by atoms with van der Waals surface area (Å²) in [4.78, 5) is 12.7. The van der Waals surface area contributed by atoms with Crippen LogP contribution >= 0.6 is 22.6 Å². The van der Waals surface area contributed by atoms with Crippen molar-refractivity contribution in [2.45, 2.75) is 19.9 Å². The van der Waals surface area contributed by atoms with Gasteiger partial charge in [-0.2, -0.15) is 0 Å². The maximum atomic E-state index is 12.7. The van der Waals surface area contributed by atoms with Crippen molar-refractivity contribution >= 4 is 49.9 Å². The van der Waals surface area contributed by atoms with Crippen LogP contribution in [0, 0.1) is 10.5 Å². The average molecular weight is 488 g/mol. The fourth-order valence-electron chi connectivity index (χ4n) is 2.54. The molecule has 0 aliphatic carbocycles. The van der Waals surface area contributed by atoms with Crippen LogP contribution < -0.4 is 14.4 Å². The molecule has 0 aliphatic rings. The zero-order valence-corrected chi connectivity index (χ0v) is 18.0. The highest BCUT2D eigenvalue weighted by Crippen LogP contribution is 2.25. The number of anilines is 2. The van der Waals surface area contributed by atoms with Gasteiger partial charge < -0.3 is 10.1 Å². The first kappa shape index (κ1) is 20.5. The van der Waals surface area contributed by atoms with Crippen molar-refractivity contribution < 1.29 is 17.9 Å². The molecule has 2 aromatic carbocycles. The van der Waals surface area contributed by atoms with Gasteiger partial charge in [0.2, 0.25) is 15.9 Å². The van der Waals surface area contributed by atoms with Crippen LogP contribution in [-0.4, -0.2) is 33.7 Å². The van der Waals surface area contributed by atoms with Crippen molar-refractivity contribution in [3.8, 4) is 5.75 Å². The van der Waals surface area contributed by atoms with Gasteiger partial charge in [0.25, 0.3) is 0 Å². The summed E-state index contributed by atoms with van der Waals surface area (Å²) >= 11 is 2.19. The number of carbonyl (C=O) groups excluding carboxylic acids is 1. The normalized spacial score (nSPS) is 12.3. The van der Waals surface area contributed by atoms with E-state index < -0.39 is 22.0 Å². The van der Waals surface area contributed by atoms with Gasteiger partial charge in [0.1, 0.15) is 11.8 Å². The number of nitrogens with one attached hydrogen (secondary N) is 1. The van der Waals surface area contributed by atoms with Gasteiger partial charge in [0, 0.05) is 9.26 Å². The third kappa shape index (κ3) is 4.88. The van der Waals surface area contributed by atoms with Gasteiger partial charge in [-0.1, -0.05) is 0 Å². The number of benzene rings is 2. The minimum atomic E-state index is -3.66. The number of sulfonamides is 1. The van der Waals surface area contributed by atoms with Gasteiger partial charge in [0.15, 0.2) is 0 Å². The number of halogens is 1. The number of carbonyl (C=O) groups is 1. The lowest BCUT2D eigenvalue weighted by Crippen LogP contribution is -2.45. The number of hydrogen-bond donors (Lipinski definition) is 1. The highest BCUT2D eigenvalue weighted by Gasteiger charge is 2.29. The quantitative estimate of drug-likeness (QED) is 0.633. The minimum Gasteiger partial charge on any atom is -0.497 e. The lowest BCUT2D eigenvalue weighted by molar-refractivity contribution is -0.116. The minimum absolute atomic E-state index is 0.398. The highest BCUT2D eigenvalue weighted by atomic mass is 127. The monoisotopic (exact) mass is 488 g/mol. The molecule has 2 rings (SSSR count). The summed E-state index contributed by atoms with van der Waals surface area (Å²) in [6.07, 6.45) is 1.08. The lowest BCUT2D eigenvalue weighted by Gasteiger charge is -2.28. The predicted octanol–water partition coefficient (Wildman–Crippen LogP) is 3.40. The molecule has 1 atom stereocenters. The predicted molar refractivity (Wildman–Crippen MR) is 112 cm³/mol. The van der Waals surface area contributed by atoms with Crippen molar-refractivity contribution in [2.75, 3.05) is 23.0 Å². The molecule has 0 bridgehead atoms. The van der Waals surface area contributed by atoms with E-state index in [1.54, 1.807) is 37.3 Å². The Kier molecular flexibility index (Phi) is 6.51. The molecule has 0 saturated carbocycles. The smallest absolute Gasteiger partial charge is 0.248 e. The second-order valence-corrected chi connectivity index (χ2v) is 8.99. The van der Waals surface area contributed by atoms with Crippen LogP contribution in [0.15, 0.2) is 42.5 Å². The van der Waals surface area contributed by atoms with Crippen LogP contribution in [0.5, 0.6) is 5.75 Å². The summed E-state index contributed by atoms with van der Waals surface area (Å²) in [6.45, 7) is 3.45. The number of nitrogens with zero attached hydrogens (tertiary/aromatic N) is 1. The Labute approximate surface area is 167 Å². The maximum absolute atomic E-state index is 12.7. The van der Waals surface area contributed by atoms with Crippen LogP contribution in [-0.2, 0) is 14.8 Å². The van der Waals surface area contributed by atoms with Crippen molar-refractivity contribution in [1.29, 1.82) is 0 Å². The Morgan fingerprint density at radius 1 is 1.19 bits per heavy atom. The van der Waals surface area contributed by atoms with Crippen molar-refractivity contribution in [2.24, 2.45) is 0 Å². The lowest BCUT2D eigenvalue weighted by atomic mass is 10.2. The van der Waals surface area contributed by atoms with E-state index >= 15 is 0 Å². The van der Waals surface area contributed by atoms with E-state index in [9.17, 15) is 13.2 Å². The second kappa shape index (κ2) is 8.26. The number of aryl methyl sites for hydroxylation is 1. The molecule has 0 radical (unpaired) electrons. The molecule has 1 amide bonds. The maximum Gasteiger partial charge on any atom is 0.248 e. The van der Waals surface area contributed by atoms with Gasteiger partial charge in [-0.05, 0) is 84.5 Å². The summed E-state index contributed by atoms with van der Waals surface area (Å²) < 4.78 is 31.9. The number of hydrogen-bond acceptors (Lipinski definition) is 4.